The molecule has 1 aromatic carbocycles. The van der Waals surface area contributed by atoms with E-state index in [-0.39, 0.29) is 63.6 Å². The third-order valence-corrected chi connectivity index (χ3v) is 1.92. The van der Waals surface area contributed by atoms with Gasteiger partial charge in [-0.15, -0.1) is 0 Å². The molecule has 16 heavy (non-hydrogen) atoms. The van der Waals surface area contributed by atoms with Gasteiger partial charge in [0, 0.05) is 5.97 Å². The van der Waals surface area contributed by atoms with Crippen LogP contribution >= 0.6 is 0 Å². The molecule has 4 heteroatoms. The predicted molar refractivity (Wildman–Crippen MR) is 53.5 cm³/mol. The molecule has 1 aromatic rings. The topological polar surface area (TPSA) is 40.1 Å². The molecule has 0 heterocycles. The molecule has 80 valence electrons. The summed E-state index contributed by atoms with van der Waals surface area (Å²) in [5.41, 5.74) is 0.875. The Balaban J connectivity index is 0.00000225. The Morgan fingerprint density at radius 2 is 2.12 bits per heavy atom. The molecule has 0 aromatic heterocycles. The average molecular weight is 246 g/mol. The first-order valence-corrected chi connectivity index (χ1v) is 4.78. The number of rotatable bonds is 5. The van der Waals surface area contributed by atoms with Crippen LogP contribution in [0, 0.1) is 5.82 Å². The van der Waals surface area contributed by atoms with Gasteiger partial charge in [0.2, 0.25) is 0 Å². The monoisotopic (exact) mass is 246 g/mol. The van der Waals surface area contributed by atoms with Crippen molar-refractivity contribution in [2.75, 3.05) is 0 Å². The summed E-state index contributed by atoms with van der Waals surface area (Å²) in [6.45, 7) is 0. The van der Waals surface area contributed by atoms with Crippen LogP contribution in [0.25, 0.3) is 0 Å². The van der Waals surface area contributed by atoms with Crippen molar-refractivity contribution in [3.05, 3.63) is 47.8 Å². The minimum absolute atomic E-state index is 0. The van der Waals surface area contributed by atoms with E-state index in [9.17, 15) is 14.3 Å². The maximum atomic E-state index is 12.7. The molecule has 0 aliphatic rings. The molecule has 0 saturated carbocycles. The van der Waals surface area contributed by atoms with Crippen molar-refractivity contribution in [2.24, 2.45) is 0 Å². The van der Waals surface area contributed by atoms with Gasteiger partial charge in [0.05, 0.1) is 0 Å². The molecule has 2 nitrogen and oxygen atoms in total. The fraction of sp³-hybridized carbons (Fsp3) is 0.250. The number of hydrogen-bond donors (Lipinski definition) is 0. The Labute approximate surface area is 137 Å². The maximum absolute atomic E-state index is 12.7. The zero-order valence-electron chi connectivity index (χ0n) is 9.28. The maximum Gasteiger partial charge on any atom is 1.00 e. The van der Waals surface area contributed by atoms with E-state index in [1.165, 1.54) is 12.1 Å². The molecule has 0 atom stereocenters. The molecular formula is C12H12FKO2. The van der Waals surface area contributed by atoms with Gasteiger partial charge in [-0.2, -0.15) is 0 Å². The Bertz CT molecular complexity index is 364. The van der Waals surface area contributed by atoms with Gasteiger partial charge in [0.15, 0.2) is 0 Å². The quantitative estimate of drug-likeness (QED) is 0.466. The molecule has 0 spiro atoms. The van der Waals surface area contributed by atoms with Gasteiger partial charge >= 0.3 is 51.4 Å². The van der Waals surface area contributed by atoms with E-state index >= 15 is 0 Å². The third-order valence-electron chi connectivity index (χ3n) is 1.92. The molecule has 0 unspecified atom stereocenters. The number of hydrogen-bond acceptors (Lipinski definition) is 2. The van der Waals surface area contributed by atoms with Gasteiger partial charge in [0.25, 0.3) is 0 Å². The SMILES string of the molecule is O=C([O-])CC/C=C/Cc1cccc(F)c1.[K+]. The molecular weight excluding hydrogens is 234 g/mol. The van der Waals surface area contributed by atoms with Crippen molar-refractivity contribution in [3.63, 3.8) is 0 Å². The second kappa shape index (κ2) is 9.07. The van der Waals surface area contributed by atoms with E-state index < -0.39 is 5.97 Å². The first kappa shape index (κ1) is 16.0. The summed E-state index contributed by atoms with van der Waals surface area (Å²) in [4.78, 5) is 10.1. The van der Waals surface area contributed by atoms with E-state index in [1.54, 1.807) is 12.1 Å². The average Bonchev–Trinajstić information content (AvgIpc) is 2.17. The smallest absolute Gasteiger partial charge is 0.550 e. The van der Waals surface area contributed by atoms with Crippen molar-refractivity contribution in [3.8, 4) is 0 Å². The van der Waals surface area contributed by atoms with Crippen molar-refractivity contribution >= 4 is 5.97 Å². The van der Waals surface area contributed by atoms with E-state index in [2.05, 4.69) is 0 Å². The van der Waals surface area contributed by atoms with E-state index in [1.807, 2.05) is 12.1 Å². The number of carboxylic acid groups (broad SMARTS) is 1. The molecule has 0 fully saturated rings. The fourth-order valence-corrected chi connectivity index (χ4v) is 1.20. The van der Waals surface area contributed by atoms with Crippen LogP contribution in [-0.2, 0) is 11.2 Å². The zero-order valence-corrected chi connectivity index (χ0v) is 12.4. The van der Waals surface area contributed by atoms with Crippen LogP contribution in [0.2, 0.25) is 0 Å². The Kier molecular flexibility index (Phi) is 9.07. The number of halogens is 1. The minimum Gasteiger partial charge on any atom is -0.550 e. The van der Waals surface area contributed by atoms with Crippen molar-refractivity contribution in [1.82, 2.24) is 0 Å². The molecule has 0 bridgehead atoms. The van der Waals surface area contributed by atoms with Crippen molar-refractivity contribution in [2.45, 2.75) is 19.3 Å². The number of carbonyl (C=O) groups is 1. The Morgan fingerprint density at radius 1 is 1.38 bits per heavy atom. The summed E-state index contributed by atoms with van der Waals surface area (Å²) in [5.74, 6) is -1.30. The predicted octanol–water partition coefficient (Wildman–Crippen LogP) is -1.54. The normalized spacial score (nSPS) is 10.1. The third kappa shape index (κ3) is 7.30. The summed E-state index contributed by atoms with van der Waals surface area (Å²) in [5, 5.41) is 10.1. The molecule has 0 N–H and O–H groups in total. The van der Waals surface area contributed by atoms with Crippen LogP contribution in [0.15, 0.2) is 36.4 Å². The number of benzene rings is 1. The van der Waals surface area contributed by atoms with E-state index in [0.717, 1.165) is 5.56 Å². The molecule has 0 aliphatic carbocycles. The number of aliphatic carboxylic acids is 1. The van der Waals surface area contributed by atoms with Crippen LogP contribution in [0.3, 0.4) is 0 Å². The number of carboxylic acids is 1. The van der Waals surface area contributed by atoms with Gasteiger partial charge in [-0.05, 0) is 37.0 Å². The van der Waals surface area contributed by atoms with Crippen LogP contribution < -0.4 is 56.5 Å². The van der Waals surface area contributed by atoms with Crippen molar-refractivity contribution < 1.29 is 65.7 Å². The standard InChI is InChI=1S/C12H13FO2.K/c13-11-7-4-6-10(9-11)5-2-1-3-8-12(14)15;/h1-2,4,6-7,9H,3,5,8H2,(H,14,15);/q;+1/p-1/b2-1+;. The van der Waals surface area contributed by atoms with E-state index in [0.29, 0.717) is 12.8 Å². The van der Waals surface area contributed by atoms with Gasteiger partial charge in [-0.1, -0.05) is 24.3 Å². The summed E-state index contributed by atoms with van der Waals surface area (Å²) in [6, 6.07) is 6.33. The molecule has 1 rings (SSSR count). The van der Waals surface area contributed by atoms with Crippen LogP contribution in [0.1, 0.15) is 18.4 Å². The second-order valence-corrected chi connectivity index (χ2v) is 3.22. The summed E-state index contributed by atoms with van der Waals surface area (Å²) >= 11 is 0. The second-order valence-electron chi connectivity index (χ2n) is 3.22. The fourth-order valence-electron chi connectivity index (χ4n) is 1.20. The zero-order chi connectivity index (χ0) is 11.1. The van der Waals surface area contributed by atoms with E-state index in [4.69, 9.17) is 0 Å². The van der Waals surface area contributed by atoms with Gasteiger partial charge in [-0.3, -0.25) is 0 Å². The minimum atomic E-state index is -1.05. The van der Waals surface area contributed by atoms with Crippen LogP contribution in [0.5, 0.6) is 0 Å². The Morgan fingerprint density at radius 3 is 2.75 bits per heavy atom. The van der Waals surface area contributed by atoms with Gasteiger partial charge < -0.3 is 9.90 Å². The molecule has 0 amide bonds. The first-order chi connectivity index (χ1) is 7.18. The first-order valence-electron chi connectivity index (χ1n) is 4.78. The van der Waals surface area contributed by atoms with Gasteiger partial charge in [0.1, 0.15) is 5.82 Å². The number of carbonyl (C=O) groups excluding carboxylic acids is 1. The van der Waals surface area contributed by atoms with Crippen LogP contribution in [0.4, 0.5) is 4.39 Å². The summed E-state index contributed by atoms with van der Waals surface area (Å²) in [7, 11) is 0. The molecule has 0 aliphatic heterocycles. The van der Waals surface area contributed by atoms with Crippen LogP contribution in [-0.4, -0.2) is 5.97 Å². The molecule has 0 saturated heterocycles. The Hall–Kier alpha value is -0.00364. The summed E-state index contributed by atoms with van der Waals surface area (Å²) in [6.07, 6.45) is 4.69. The van der Waals surface area contributed by atoms with Crippen molar-refractivity contribution in [1.29, 1.82) is 0 Å². The number of allylic oxidation sites excluding steroid dienone is 2. The molecule has 0 radical (unpaired) electrons. The summed E-state index contributed by atoms with van der Waals surface area (Å²) < 4.78 is 12.7. The largest absolute Gasteiger partial charge is 1.00 e. The van der Waals surface area contributed by atoms with Gasteiger partial charge in [-0.25, -0.2) is 4.39 Å².